The Bertz CT molecular complexity index is 1080. The average molecular weight is 539 g/mol. The van der Waals surface area contributed by atoms with Crippen LogP contribution in [0, 0.1) is 5.92 Å². The van der Waals surface area contributed by atoms with Crippen molar-refractivity contribution >= 4 is 17.4 Å². The molecule has 1 atom stereocenters. The zero-order valence-corrected chi connectivity index (χ0v) is 24.4. The fourth-order valence-electron chi connectivity index (χ4n) is 7.02. The van der Waals surface area contributed by atoms with E-state index in [4.69, 9.17) is 10.1 Å². The molecule has 3 aliphatic rings. The SMILES string of the molecule is CCCCC[C@H](C)Nc1ncc2c(C3CCC(C(=O)N4CCN(C)CC4)CC3)cc(C3CCC(O)CC3)n2n1. The summed E-state index contributed by atoms with van der Waals surface area (Å²) in [6.07, 6.45) is 14.4. The molecule has 0 aromatic carbocycles. The quantitative estimate of drug-likeness (QED) is 0.428. The molecule has 0 bridgehead atoms. The van der Waals surface area contributed by atoms with Gasteiger partial charge in [0.15, 0.2) is 0 Å². The van der Waals surface area contributed by atoms with E-state index in [1.807, 2.05) is 6.20 Å². The lowest BCUT2D eigenvalue weighted by Crippen LogP contribution is -2.49. The Morgan fingerprint density at radius 3 is 2.41 bits per heavy atom. The molecule has 1 aliphatic heterocycles. The molecule has 3 heterocycles. The Hall–Kier alpha value is -2.19. The van der Waals surface area contributed by atoms with E-state index in [1.54, 1.807) is 0 Å². The van der Waals surface area contributed by atoms with Crippen LogP contribution in [0.15, 0.2) is 12.3 Å². The number of amides is 1. The van der Waals surface area contributed by atoms with E-state index in [2.05, 4.69) is 46.6 Å². The van der Waals surface area contributed by atoms with Crippen molar-refractivity contribution in [2.45, 2.75) is 115 Å². The molecule has 8 nitrogen and oxygen atoms in total. The fourth-order valence-corrected chi connectivity index (χ4v) is 7.02. The number of aromatic nitrogens is 3. The van der Waals surface area contributed by atoms with E-state index in [0.717, 1.165) is 89.5 Å². The van der Waals surface area contributed by atoms with Crippen molar-refractivity contribution in [3.8, 4) is 0 Å². The summed E-state index contributed by atoms with van der Waals surface area (Å²) in [4.78, 5) is 22.4. The smallest absolute Gasteiger partial charge is 0.241 e. The number of fused-ring (bicyclic) bond motifs is 1. The molecular formula is C31H50N6O2. The van der Waals surface area contributed by atoms with Crippen LogP contribution >= 0.6 is 0 Å². The van der Waals surface area contributed by atoms with Crippen molar-refractivity contribution in [1.29, 1.82) is 0 Å². The Morgan fingerprint density at radius 2 is 1.72 bits per heavy atom. The Morgan fingerprint density at radius 1 is 1.03 bits per heavy atom. The third-order valence-corrected chi connectivity index (χ3v) is 9.64. The lowest BCUT2D eigenvalue weighted by atomic mass is 9.78. The van der Waals surface area contributed by atoms with Crippen molar-refractivity contribution in [2.24, 2.45) is 5.92 Å². The highest BCUT2D eigenvalue weighted by atomic mass is 16.3. The molecule has 3 fully saturated rings. The number of carbonyl (C=O) groups is 1. The molecule has 1 saturated heterocycles. The number of nitrogens with one attached hydrogen (secondary N) is 1. The highest BCUT2D eigenvalue weighted by molar-refractivity contribution is 5.79. The topological polar surface area (TPSA) is 86.0 Å². The second kappa shape index (κ2) is 13.0. The zero-order chi connectivity index (χ0) is 27.4. The first-order valence-corrected chi connectivity index (χ1v) is 15.7. The van der Waals surface area contributed by atoms with E-state index in [9.17, 15) is 9.90 Å². The number of piperazine rings is 1. The minimum atomic E-state index is -0.170. The maximum Gasteiger partial charge on any atom is 0.241 e. The summed E-state index contributed by atoms with van der Waals surface area (Å²) in [5, 5.41) is 18.7. The second-order valence-corrected chi connectivity index (χ2v) is 12.6. The Kier molecular flexibility index (Phi) is 9.44. The predicted octanol–water partition coefficient (Wildman–Crippen LogP) is 5.18. The maximum absolute atomic E-state index is 13.2. The van der Waals surface area contributed by atoms with Gasteiger partial charge in [-0.25, -0.2) is 9.50 Å². The van der Waals surface area contributed by atoms with Gasteiger partial charge in [-0.1, -0.05) is 26.2 Å². The molecule has 39 heavy (non-hydrogen) atoms. The summed E-state index contributed by atoms with van der Waals surface area (Å²) < 4.78 is 2.16. The molecule has 2 N–H and O–H groups in total. The molecule has 8 heteroatoms. The first-order valence-electron chi connectivity index (χ1n) is 15.7. The van der Waals surface area contributed by atoms with Gasteiger partial charge < -0.3 is 20.2 Å². The van der Waals surface area contributed by atoms with Gasteiger partial charge >= 0.3 is 0 Å². The van der Waals surface area contributed by atoms with E-state index in [-0.39, 0.29) is 12.0 Å². The van der Waals surface area contributed by atoms with Crippen LogP contribution in [0.2, 0.25) is 0 Å². The number of likely N-dealkylation sites (N-methyl/N-ethyl adjacent to an activating group) is 1. The van der Waals surface area contributed by atoms with Crippen LogP contribution in [-0.2, 0) is 4.79 Å². The number of anilines is 1. The highest BCUT2D eigenvalue weighted by Crippen LogP contribution is 2.42. The lowest BCUT2D eigenvalue weighted by Gasteiger charge is -2.36. The third-order valence-electron chi connectivity index (χ3n) is 9.64. The molecule has 216 valence electrons. The van der Waals surface area contributed by atoms with Crippen LogP contribution in [0.1, 0.15) is 114 Å². The summed E-state index contributed by atoms with van der Waals surface area (Å²) in [5.41, 5.74) is 3.74. The summed E-state index contributed by atoms with van der Waals surface area (Å²) in [6, 6.07) is 2.74. The number of rotatable bonds is 9. The molecule has 0 radical (unpaired) electrons. The molecule has 2 aromatic heterocycles. The minimum absolute atomic E-state index is 0.166. The van der Waals surface area contributed by atoms with Gasteiger partial charge in [-0.05, 0) is 89.3 Å². The van der Waals surface area contributed by atoms with Crippen molar-refractivity contribution in [2.75, 3.05) is 38.5 Å². The summed E-state index contributed by atoms with van der Waals surface area (Å²) >= 11 is 0. The van der Waals surface area contributed by atoms with E-state index in [1.165, 1.54) is 30.5 Å². The van der Waals surface area contributed by atoms with Crippen molar-refractivity contribution < 1.29 is 9.90 Å². The van der Waals surface area contributed by atoms with Crippen molar-refractivity contribution in [3.63, 3.8) is 0 Å². The van der Waals surface area contributed by atoms with E-state index < -0.39 is 0 Å². The third kappa shape index (κ3) is 6.76. The molecule has 0 spiro atoms. The molecule has 0 unspecified atom stereocenters. The first-order chi connectivity index (χ1) is 18.9. The van der Waals surface area contributed by atoms with Gasteiger partial charge in [-0.15, -0.1) is 5.10 Å². The van der Waals surface area contributed by atoms with Gasteiger partial charge in [0.05, 0.1) is 17.8 Å². The molecule has 2 aliphatic carbocycles. The van der Waals surface area contributed by atoms with E-state index in [0.29, 0.717) is 29.7 Å². The van der Waals surface area contributed by atoms with Crippen LogP contribution < -0.4 is 5.32 Å². The maximum atomic E-state index is 13.2. The molecule has 2 aromatic rings. The van der Waals surface area contributed by atoms with Gasteiger partial charge in [0.25, 0.3) is 0 Å². The number of carbonyl (C=O) groups excluding carboxylic acids is 1. The van der Waals surface area contributed by atoms with Crippen LogP contribution in [0.4, 0.5) is 5.95 Å². The number of nitrogens with zero attached hydrogens (tertiary/aromatic N) is 5. The second-order valence-electron chi connectivity index (χ2n) is 12.6. The minimum Gasteiger partial charge on any atom is -0.393 e. The normalized spacial score (nSPS) is 27.5. The summed E-state index contributed by atoms with van der Waals surface area (Å²) in [6.45, 7) is 8.14. The van der Waals surface area contributed by atoms with Gasteiger partial charge in [0, 0.05) is 49.8 Å². The number of aliphatic hydroxyl groups excluding tert-OH is 1. The van der Waals surface area contributed by atoms with Gasteiger partial charge in [-0.2, -0.15) is 0 Å². The van der Waals surface area contributed by atoms with Crippen LogP contribution in [0.25, 0.3) is 5.52 Å². The summed E-state index contributed by atoms with van der Waals surface area (Å²) in [7, 11) is 2.13. The summed E-state index contributed by atoms with van der Waals surface area (Å²) in [5.74, 6) is 2.09. The zero-order valence-electron chi connectivity index (χ0n) is 24.4. The number of hydrogen-bond donors (Lipinski definition) is 2. The molecule has 5 rings (SSSR count). The fraction of sp³-hybridized carbons (Fsp3) is 0.774. The predicted molar refractivity (Wildman–Crippen MR) is 156 cm³/mol. The molecule has 2 saturated carbocycles. The Balaban J connectivity index is 1.32. The van der Waals surface area contributed by atoms with E-state index >= 15 is 0 Å². The largest absolute Gasteiger partial charge is 0.393 e. The average Bonchev–Trinajstić information content (AvgIpc) is 3.32. The monoisotopic (exact) mass is 538 g/mol. The van der Waals surface area contributed by atoms with Crippen molar-refractivity contribution in [3.05, 3.63) is 23.5 Å². The molecule has 1 amide bonds. The lowest BCUT2D eigenvalue weighted by molar-refractivity contribution is -0.138. The van der Waals surface area contributed by atoms with Crippen LogP contribution in [0.5, 0.6) is 0 Å². The first kappa shape index (κ1) is 28.3. The van der Waals surface area contributed by atoms with Gasteiger partial charge in [-0.3, -0.25) is 4.79 Å². The van der Waals surface area contributed by atoms with Crippen molar-refractivity contribution in [1.82, 2.24) is 24.4 Å². The van der Waals surface area contributed by atoms with Crippen LogP contribution in [0.3, 0.4) is 0 Å². The standard InChI is InChI=1S/C31H50N6O2/c1-4-5-6-7-22(2)33-31-32-21-29-27(20-28(37(29)34-31)24-12-14-26(38)15-13-24)23-8-10-25(11-9-23)30(39)36-18-16-35(3)17-19-36/h20-26,38H,4-19H2,1-3H3,(H,33,34)/t22-,23?,24?,25?,26?/m0/s1. The number of aliphatic hydroxyl groups is 1. The van der Waals surface area contributed by atoms with Gasteiger partial charge in [0.1, 0.15) is 0 Å². The molecular weight excluding hydrogens is 488 g/mol. The van der Waals surface area contributed by atoms with Crippen LogP contribution in [-0.4, -0.2) is 80.8 Å². The number of hydrogen-bond acceptors (Lipinski definition) is 6. The highest BCUT2D eigenvalue weighted by Gasteiger charge is 2.33. The van der Waals surface area contributed by atoms with Gasteiger partial charge in [0.2, 0.25) is 11.9 Å². The Labute approximate surface area is 234 Å². The number of unbranched alkanes of at least 4 members (excludes halogenated alkanes) is 2.